The maximum absolute atomic E-state index is 10.9. The van der Waals surface area contributed by atoms with Crippen LogP contribution in [0.2, 0.25) is 0 Å². The fourth-order valence-corrected chi connectivity index (χ4v) is 4.28. The van der Waals surface area contributed by atoms with Crippen LogP contribution in [0.3, 0.4) is 0 Å². The Hall–Kier alpha value is -1.51. The molecule has 0 radical (unpaired) electrons. The van der Waals surface area contributed by atoms with E-state index < -0.39 is 5.97 Å². The van der Waals surface area contributed by atoms with E-state index in [1.54, 1.807) is 24.3 Å². The molecular formula is C23H36O3. The van der Waals surface area contributed by atoms with Crippen LogP contribution in [0.25, 0.3) is 0 Å². The first-order valence-electron chi connectivity index (χ1n) is 10.7. The summed E-state index contributed by atoms with van der Waals surface area (Å²) in [5, 5.41) is 8.92. The van der Waals surface area contributed by atoms with Gasteiger partial charge < -0.3 is 9.84 Å². The second kappa shape index (κ2) is 12.0. The van der Waals surface area contributed by atoms with Crippen molar-refractivity contribution in [2.45, 2.75) is 84.0 Å². The molecule has 1 N–H and O–H groups in total. The fraction of sp³-hybridized carbons (Fsp3) is 0.696. The van der Waals surface area contributed by atoms with E-state index in [2.05, 4.69) is 6.92 Å². The lowest BCUT2D eigenvalue weighted by molar-refractivity contribution is 0.0697. The van der Waals surface area contributed by atoms with Crippen molar-refractivity contribution < 1.29 is 14.6 Å². The zero-order chi connectivity index (χ0) is 18.6. The molecule has 0 spiro atoms. The molecule has 26 heavy (non-hydrogen) atoms. The molecule has 146 valence electrons. The lowest BCUT2D eigenvalue weighted by Gasteiger charge is -2.31. The van der Waals surface area contributed by atoms with Crippen LogP contribution >= 0.6 is 0 Å². The van der Waals surface area contributed by atoms with Crippen molar-refractivity contribution in [3.05, 3.63) is 29.8 Å². The largest absolute Gasteiger partial charge is 0.494 e. The van der Waals surface area contributed by atoms with Crippen molar-refractivity contribution in [2.24, 2.45) is 11.8 Å². The van der Waals surface area contributed by atoms with Gasteiger partial charge in [-0.2, -0.15) is 0 Å². The lowest BCUT2D eigenvalue weighted by Crippen LogP contribution is -2.20. The summed E-state index contributed by atoms with van der Waals surface area (Å²) in [6.45, 7) is 3.01. The minimum atomic E-state index is -0.894. The first-order chi connectivity index (χ1) is 12.7. The fourth-order valence-electron chi connectivity index (χ4n) is 4.28. The number of hydrogen-bond donors (Lipinski definition) is 1. The number of carbonyl (C=O) groups is 1. The highest BCUT2D eigenvalue weighted by molar-refractivity contribution is 5.87. The van der Waals surface area contributed by atoms with Crippen molar-refractivity contribution >= 4 is 5.97 Å². The average Bonchev–Trinajstić information content (AvgIpc) is 2.66. The van der Waals surface area contributed by atoms with E-state index in [-0.39, 0.29) is 0 Å². The summed E-state index contributed by atoms with van der Waals surface area (Å²) in [6.07, 6.45) is 16.4. The van der Waals surface area contributed by atoms with Gasteiger partial charge in [0.05, 0.1) is 12.2 Å². The Labute approximate surface area is 159 Å². The Morgan fingerprint density at radius 3 is 2.19 bits per heavy atom. The molecule has 2 atom stereocenters. The number of carboxylic acids is 1. The summed E-state index contributed by atoms with van der Waals surface area (Å²) >= 11 is 0. The minimum Gasteiger partial charge on any atom is -0.494 e. The van der Waals surface area contributed by atoms with E-state index in [9.17, 15) is 4.79 Å². The Morgan fingerprint density at radius 2 is 1.58 bits per heavy atom. The van der Waals surface area contributed by atoms with Crippen molar-refractivity contribution in [2.75, 3.05) is 6.61 Å². The molecule has 0 aromatic heterocycles. The highest BCUT2D eigenvalue weighted by Crippen LogP contribution is 2.36. The van der Waals surface area contributed by atoms with Crippen molar-refractivity contribution in [1.82, 2.24) is 0 Å². The van der Waals surface area contributed by atoms with Crippen LogP contribution in [-0.4, -0.2) is 17.7 Å². The maximum Gasteiger partial charge on any atom is 0.335 e. The molecule has 1 aliphatic carbocycles. The summed E-state index contributed by atoms with van der Waals surface area (Å²) in [5.74, 6) is 1.69. The molecule has 0 amide bonds. The molecule has 3 heteroatoms. The summed E-state index contributed by atoms with van der Waals surface area (Å²) < 4.78 is 5.80. The first-order valence-corrected chi connectivity index (χ1v) is 10.7. The lowest BCUT2D eigenvalue weighted by atomic mass is 9.74. The molecule has 2 unspecified atom stereocenters. The van der Waals surface area contributed by atoms with Crippen LogP contribution in [0.1, 0.15) is 94.3 Å². The molecule has 0 bridgehead atoms. The summed E-state index contributed by atoms with van der Waals surface area (Å²) in [7, 11) is 0. The number of hydrogen-bond acceptors (Lipinski definition) is 2. The first kappa shape index (κ1) is 20.8. The van der Waals surface area contributed by atoms with E-state index in [4.69, 9.17) is 9.84 Å². The Balaban J connectivity index is 1.65. The number of carboxylic acid groups (broad SMARTS) is 1. The number of benzene rings is 1. The Bertz CT molecular complexity index is 509. The molecule has 1 saturated carbocycles. The van der Waals surface area contributed by atoms with Gasteiger partial charge in [-0.3, -0.25) is 0 Å². The molecule has 1 aromatic carbocycles. The summed E-state index contributed by atoms with van der Waals surface area (Å²) in [6, 6.07) is 6.72. The topological polar surface area (TPSA) is 46.5 Å². The quantitative estimate of drug-likeness (QED) is 0.421. The minimum absolute atomic E-state index is 0.307. The summed E-state index contributed by atoms with van der Waals surface area (Å²) in [4.78, 5) is 10.9. The smallest absolute Gasteiger partial charge is 0.335 e. The van der Waals surface area contributed by atoms with Gasteiger partial charge in [0.2, 0.25) is 0 Å². The highest BCUT2D eigenvalue weighted by Gasteiger charge is 2.24. The van der Waals surface area contributed by atoms with Crippen LogP contribution < -0.4 is 4.74 Å². The van der Waals surface area contributed by atoms with Gasteiger partial charge in [-0.15, -0.1) is 0 Å². The molecule has 1 fully saturated rings. The van der Waals surface area contributed by atoms with Gasteiger partial charge in [0, 0.05) is 0 Å². The van der Waals surface area contributed by atoms with Crippen LogP contribution in [-0.2, 0) is 0 Å². The van der Waals surface area contributed by atoms with Gasteiger partial charge in [0.15, 0.2) is 0 Å². The van der Waals surface area contributed by atoms with Crippen molar-refractivity contribution in [3.8, 4) is 5.75 Å². The number of aromatic carboxylic acids is 1. The molecule has 2 rings (SSSR count). The molecule has 0 heterocycles. The van der Waals surface area contributed by atoms with E-state index in [0.29, 0.717) is 5.56 Å². The molecular weight excluding hydrogens is 324 g/mol. The third kappa shape index (κ3) is 7.39. The Kier molecular flexibility index (Phi) is 9.58. The zero-order valence-corrected chi connectivity index (χ0v) is 16.4. The number of rotatable bonds is 12. The van der Waals surface area contributed by atoms with Gasteiger partial charge in [-0.25, -0.2) is 4.79 Å². The van der Waals surface area contributed by atoms with E-state index in [1.807, 2.05) is 0 Å². The number of ether oxygens (including phenoxy) is 1. The predicted octanol–water partition coefficient (Wildman–Crippen LogP) is 6.71. The van der Waals surface area contributed by atoms with Crippen molar-refractivity contribution in [3.63, 3.8) is 0 Å². The molecule has 1 aliphatic rings. The van der Waals surface area contributed by atoms with Gasteiger partial charge in [-0.05, 0) is 48.9 Å². The van der Waals surface area contributed by atoms with E-state index >= 15 is 0 Å². The average molecular weight is 361 g/mol. The molecule has 3 nitrogen and oxygen atoms in total. The predicted molar refractivity (Wildman–Crippen MR) is 107 cm³/mol. The SMILES string of the molecule is CCCCCCCC1CCCCC1CCCOc1ccc(C(=O)O)cc1. The Morgan fingerprint density at radius 1 is 0.962 bits per heavy atom. The number of unbranched alkanes of at least 4 members (excludes halogenated alkanes) is 4. The van der Waals surface area contributed by atoms with Crippen LogP contribution in [0, 0.1) is 11.8 Å². The van der Waals surface area contributed by atoms with Gasteiger partial charge >= 0.3 is 5.97 Å². The normalized spacial score (nSPS) is 20.0. The molecule has 1 aromatic rings. The molecule has 0 aliphatic heterocycles. The van der Waals surface area contributed by atoms with E-state index in [1.165, 1.54) is 70.6 Å². The van der Waals surface area contributed by atoms with Gasteiger partial charge in [0.1, 0.15) is 5.75 Å². The third-order valence-corrected chi connectivity index (χ3v) is 5.83. The zero-order valence-electron chi connectivity index (χ0n) is 16.4. The molecule has 0 saturated heterocycles. The van der Waals surface area contributed by atoms with Crippen molar-refractivity contribution in [1.29, 1.82) is 0 Å². The monoisotopic (exact) mass is 360 g/mol. The van der Waals surface area contributed by atoms with Crippen LogP contribution in [0.5, 0.6) is 5.75 Å². The van der Waals surface area contributed by atoms with Crippen LogP contribution in [0.15, 0.2) is 24.3 Å². The standard InChI is InChI=1S/C23H36O3/c1-2-3-4-5-6-10-19-11-7-8-12-20(19)13-9-18-26-22-16-14-21(15-17-22)23(24)25/h14-17,19-20H,2-13,18H2,1H3,(H,24,25). The maximum atomic E-state index is 10.9. The van der Waals surface area contributed by atoms with Crippen LogP contribution in [0.4, 0.5) is 0 Å². The van der Waals surface area contributed by atoms with Gasteiger partial charge in [-0.1, -0.05) is 71.1 Å². The van der Waals surface area contributed by atoms with Gasteiger partial charge in [0.25, 0.3) is 0 Å². The second-order valence-electron chi connectivity index (χ2n) is 7.83. The third-order valence-electron chi connectivity index (χ3n) is 5.83. The van der Waals surface area contributed by atoms with E-state index in [0.717, 1.165) is 30.6 Å². The highest BCUT2D eigenvalue weighted by atomic mass is 16.5. The second-order valence-corrected chi connectivity index (χ2v) is 7.83. The summed E-state index contributed by atoms with van der Waals surface area (Å²) in [5.41, 5.74) is 0.307.